The third kappa shape index (κ3) is 6.07. The summed E-state index contributed by atoms with van der Waals surface area (Å²) in [6.07, 6.45) is -2.91. The fourth-order valence-electron chi connectivity index (χ4n) is 3.12. The molecule has 6 nitrogen and oxygen atoms in total. The summed E-state index contributed by atoms with van der Waals surface area (Å²) < 4.78 is 50.0. The number of methoxy groups -OCH3 is 1. The molecule has 0 bridgehead atoms. The van der Waals surface area contributed by atoms with E-state index in [4.69, 9.17) is 21.1 Å². The highest BCUT2D eigenvalue weighted by Crippen LogP contribution is 2.36. The standard InChI is InChI=1S/C23H21ClF3N3O3/c1-13-11-28-20(14(2)21(13)32-3)12-33-17-7-4-15(5-8-17)29-22(31)30-16-6-9-19(24)18(10-16)23(25,26)27/h4-11H,12H2,1-3H3,(H2,29,30,31). The number of hydrogen-bond acceptors (Lipinski definition) is 4. The predicted octanol–water partition coefficient (Wildman–Crippen LogP) is 6.60. The summed E-state index contributed by atoms with van der Waals surface area (Å²) in [7, 11) is 1.60. The highest BCUT2D eigenvalue weighted by atomic mass is 35.5. The Balaban J connectivity index is 1.59. The molecular formula is C23H21ClF3N3O3. The van der Waals surface area contributed by atoms with Gasteiger partial charge in [-0.3, -0.25) is 4.98 Å². The molecule has 1 heterocycles. The molecule has 0 aliphatic carbocycles. The third-order valence-corrected chi connectivity index (χ3v) is 5.10. The lowest BCUT2D eigenvalue weighted by Gasteiger charge is -2.14. The smallest absolute Gasteiger partial charge is 0.417 e. The van der Waals surface area contributed by atoms with E-state index in [1.165, 1.54) is 6.07 Å². The Morgan fingerprint density at radius 1 is 1.06 bits per heavy atom. The van der Waals surface area contributed by atoms with Gasteiger partial charge in [-0.1, -0.05) is 11.6 Å². The van der Waals surface area contributed by atoms with E-state index >= 15 is 0 Å². The minimum atomic E-state index is -4.63. The van der Waals surface area contributed by atoms with E-state index < -0.39 is 22.8 Å². The van der Waals surface area contributed by atoms with Crippen molar-refractivity contribution in [2.45, 2.75) is 26.6 Å². The van der Waals surface area contributed by atoms with Crippen LogP contribution in [0.4, 0.5) is 29.3 Å². The molecule has 0 unspecified atom stereocenters. The molecule has 0 aliphatic heterocycles. The van der Waals surface area contributed by atoms with Crippen LogP contribution in [-0.2, 0) is 12.8 Å². The normalized spacial score (nSPS) is 11.1. The second-order valence-electron chi connectivity index (χ2n) is 7.13. The number of amides is 2. The molecule has 2 N–H and O–H groups in total. The zero-order valence-corrected chi connectivity index (χ0v) is 18.8. The Bertz CT molecular complexity index is 1150. The van der Waals surface area contributed by atoms with Crippen LogP contribution in [0.25, 0.3) is 0 Å². The molecule has 0 atom stereocenters. The number of aryl methyl sites for hydroxylation is 1. The number of pyridine rings is 1. The van der Waals surface area contributed by atoms with Crippen molar-refractivity contribution >= 4 is 29.0 Å². The molecule has 0 radical (unpaired) electrons. The minimum absolute atomic E-state index is 0.0411. The minimum Gasteiger partial charge on any atom is -0.496 e. The maximum absolute atomic E-state index is 13.0. The first-order valence-corrected chi connectivity index (χ1v) is 10.1. The third-order valence-electron chi connectivity index (χ3n) is 4.77. The monoisotopic (exact) mass is 479 g/mol. The summed E-state index contributed by atoms with van der Waals surface area (Å²) in [6.45, 7) is 4.04. The number of ether oxygens (including phenoxy) is 2. The van der Waals surface area contributed by atoms with Gasteiger partial charge in [-0.15, -0.1) is 0 Å². The molecule has 10 heteroatoms. The Morgan fingerprint density at radius 2 is 1.70 bits per heavy atom. The number of aromatic nitrogens is 1. The van der Waals surface area contributed by atoms with E-state index in [0.717, 1.165) is 34.7 Å². The molecule has 0 aliphatic rings. The van der Waals surface area contributed by atoms with Crippen molar-refractivity contribution < 1.29 is 27.4 Å². The summed E-state index contributed by atoms with van der Waals surface area (Å²) in [4.78, 5) is 16.5. The lowest BCUT2D eigenvalue weighted by molar-refractivity contribution is -0.137. The van der Waals surface area contributed by atoms with Crippen molar-refractivity contribution in [3.63, 3.8) is 0 Å². The molecule has 3 rings (SSSR count). The molecular weight excluding hydrogens is 459 g/mol. The van der Waals surface area contributed by atoms with Gasteiger partial charge >= 0.3 is 12.2 Å². The SMILES string of the molecule is COc1c(C)cnc(COc2ccc(NC(=O)Nc3ccc(Cl)c(C(F)(F)F)c3)cc2)c1C. The van der Waals surface area contributed by atoms with Crippen molar-refractivity contribution in [2.75, 3.05) is 17.7 Å². The number of alkyl halides is 3. The summed E-state index contributed by atoms with van der Waals surface area (Å²) >= 11 is 5.59. The van der Waals surface area contributed by atoms with Gasteiger partial charge in [0.05, 0.1) is 23.4 Å². The number of carbonyl (C=O) groups is 1. The van der Waals surface area contributed by atoms with Crippen LogP contribution in [0.1, 0.15) is 22.4 Å². The number of nitrogens with zero attached hydrogens (tertiary/aromatic N) is 1. The zero-order valence-electron chi connectivity index (χ0n) is 18.0. The Kier molecular flexibility index (Phi) is 7.33. The molecule has 0 saturated carbocycles. The fraction of sp³-hybridized carbons (Fsp3) is 0.217. The van der Waals surface area contributed by atoms with Crippen LogP contribution in [0, 0.1) is 13.8 Å². The molecule has 33 heavy (non-hydrogen) atoms. The van der Waals surface area contributed by atoms with Gasteiger partial charge in [0, 0.05) is 28.7 Å². The van der Waals surface area contributed by atoms with Crippen LogP contribution in [0.2, 0.25) is 5.02 Å². The van der Waals surface area contributed by atoms with E-state index in [9.17, 15) is 18.0 Å². The molecule has 174 valence electrons. The molecule has 0 spiro atoms. The van der Waals surface area contributed by atoms with Crippen molar-refractivity contribution in [1.82, 2.24) is 4.98 Å². The molecule has 0 fully saturated rings. The largest absolute Gasteiger partial charge is 0.496 e. The first-order valence-electron chi connectivity index (χ1n) is 9.75. The van der Waals surface area contributed by atoms with Crippen molar-refractivity contribution in [3.8, 4) is 11.5 Å². The van der Waals surface area contributed by atoms with Gasteiger partial charge in [0.1, 0.15) is 18.1 Å². The topological polar surface area (TPSA) is 72.5 Å². The molecule has 3 aromatic rings. The maximum Gasteiger partial charge on any atom is 0.417 e. The van der Waals surface area contributed by atoms with Crippen molar-refractivity contribution in [1.29, 1.82) is 0 Å². The van der Waals surface area contributed by atoms with E-state index in [2.05, 4.69) is 15.6 Å². The second kappa shape index (κ2) is 9.99. The number of halogens is 4. The Labute approximate surface area is 193 Å². The van der Waals surface area contributed by atoms with Gasteiger partial charge in [0.2, 0.25) is 0 Å². The quantitative estimate of drug-likeness (QED) is 0.417. The van der Waals surface area contributed by atoms with Gasteiger partial charge in [0.15, 0.2) is 0 Å². The predicted molar refractivity (Wildman–Crippen MR) is 120 cm³/mol. The van der Waals surface area contributed by atoms with Gasteiger partial charge in [-0.2, -0.15) is 13.2 Å². The van der Waals surface area contributed by atoms with Gasteiger partial charge in [-0.25, -0.2) is 4.79 Å². The van der Waals surface area contributed by atoms with Crippen LogP contribution in [0.15, 0.2) is 48.7 Å². The summed E-state index contributed by atoms with van der Waals surface area (Å²) in [6, 6.07) is 8.94. The van der Waals surface area contributed by atoms with Crippen LogP contribution in [0.3, 0.4) is 0 Å². The van der Waals surface area contributed by atoms with Crippen LogP contribution >= 0.6 is 11.6 Å². The molecule has 2 aromatic carbocycles. The summed E-state index contributed by atoms with van der Waals surface area (Å²) in [5, 5.41) is 4.45. The summed E-state index contributed by atoms with van der Waals surface area (Å²) in [5.41, 5.74) is 1.92. The number of hydrogen-bond donors (Lipinski definition) is 2. The average Bonchev–Trinajstić information content (AvgIpc) is 2.75. The van der Waals surface area contributed by atoms with Crippen LogP contribution in [-0.4, -0.2) is 18.1 Å². The first-order chi connectivity index (χ1) is 15.6. The Hall–Kier alpha value is -3.46. The first kappa shape index (κ1) is 24.2. The van der Waals surface area contributed by atoms with Crippen molar-refractivity contribution in [3.05, 3.63) is 76.1 Å². The van der Waals surface area contributed by atoms with Gasteiger partial charge < -0.3 is 20.1 Å². The van der Waals surface area contributed by atoms with E-state index in [-0.39, 0.29) is 12.3 Å². The molecule has 1 aromatic heterocycles. The van der Waals surface area contributed by atoms with Gasteiger partial charge in [0.25, 0.3) is 0 Å². The maximum atomic E-state index is 13.0. The number of rotatable bonds is 6. The highest BCUT2D eigenvalue weighted by Gasteiger charge is 2.33. The summed E-state index contributed by atoms with van der Waals surface area (Å²) in [5.74, 6) is 1.31. The van der Waals surface area contributed by atoms with Crippen molar-refractivity contribution in [2.24, 2.45) is 0 Å². The average molecular weight is 480 g/mol. The number of benzene rings is 2. The highest BCUT2D eigenvalue weighted by molar-refractivity contribution is 6.31. The molecule has 2 amide bonds. The van der Waals surface area contributed by atoms with E-state index in [0.29, 0.717) is 11.4 Å². The lowest BCUT2D eigenvalue weighted by Crippen LogP contribution is -2.19. The molecule has 0 saturated heterocycles. The number of urea groups is 1. The van der Waals surface area contributed by atoms with Crippen LogP contribution < -0.4 is 20.1 Å². The van der Waals surface area contributed by atoms with Gasteiger partial charge in [-0.05, 0) is 56.3 Å². The lowest BCUT2D eigenvalue weighted by atomic mass is 10.1. The van der Waals surface area contributed by atoms with Crippen LogP contribution in [0.5, 0.6) is 11.5 Å². The second-order valence-corrected chi connectivity index (χ2v) is 7.54. The number of carbonyl (C=O) groups excluding carboxylic acids is 1. The fourth-order valence-corrected chi connectivity index (χ4v) is 3.34. The Morgan fingerprint density at radius 3 is 2.33 bits per heavy atom. The van der Waals surface area contributed by atoms with E-state index in [1.807, 2.05) is 13.8 Å². The van der Waals surface area contributed by atoms with E-state index in [1.54, 1.807) is 37.6 Å². The number of anilines is 2. The number of nitrogens with one attached hydrogen (secondary N) is 2. The zero-order chi connectivity index (χ0) is 24.2.